The summed E-state index contributed by atoms with van der Waals surface area (Å²) in [6.07, 6.45) is 0.337. The number of rotatable bonds is 2. The zero-order valence-corrected chi connectivity index (χ0v) is 12.3. The van der Waals surface area contributed by atoms with Crippen LogP contribution in [0.2, 0.25) is 5.02 Å². The molecule has 1 aliphatic heterocycles. The van der Waals surface area contributed by atoms with Crippen LogP contribution < -0.4 is 5.76 Å². The van der Waals surface area contributed by atoms with Crippen LogP contribution in [0.5, 0.6) is 0 Å². The summed E-state index contributed by atoms with van der Waals surface area (Å²) >= 11 is 5.91. The maximum Gasteiger partial charge on any atom is 0.421 e. The molecule has 108 valence electrons. The number of halogens is 1. The van der Waals surface area contributed by atoms with Crippen molar-refractivity contribution in [2.24, 2.45) is 0 Å². The highest BCUT2D eigenvalue weighted by atomic mass is 35.5. The number of ether oxygens (including phenoxy) is 1. The Labute approximate surface area is 121 Å². The van der Waals surface area contributed by atoms with Crippen molar-refractivity contribution in [3.8, 4) is 0 Å². The van der Waals surface area contributed by atoms with Crippen molar-refractivity contribution in [2.45, 2.75) is 32.7 Å². The highest BCUT2D eigenvalue weighted by Gasteiger charge is 2.23. The number of hydrogen-bond acceptors (Lipinski definition) is 4. The van der Waals surface area contributed by atoms with Gasteiger partial charge in [0.05, 0.1) is 24.4 Å². The third kappa shape index (κ3) is 2.61. The van der Waals surface area contributed by atoms with Crippen molar-refractivity contribution < 1.29 is 9.15 Å². The quantitative estimate of drug-likeness (QED) is 0.853. The Morgan fingerprint density at radius 2 is 2.00 bits per heavy atom. The molecular weight excluding hydrogens is 280 g/mol. The average Bonchev–Trinajstić information content (AvgIpc) is 2.64. The van der Waals surface area contributed by atoms with E-state index in [9.17, 15) is 4.79 Å². The number of fused-ring (bicyclic) bond motifs is 1. The molecular formula is C14H17ClN2O3. The first-order chi connectivity index (χ1) is 9.52. The second-order valence-electron chi connectivity index (χ2n) is 5.34. The van der Waals surface area contributed by atoms with Crippen molar-refractivity contribution >= 4 is 22.7 Å². The molecule has 1 aromatic carbocycles. The highest BCUT2D eigenvalue weighted by molar-refractivity contribution is 6.31. The van der Waals surface area contributed by atoms with E-state index in [0.29, 0.717) is 17.3 Å². The first-order valence-corrected chi connectivity index (χ1v) is 7.07. The molecule has 5 nitrogen and oxygen atoms in total. The molecule has 1 fully saturated rings. The summed E-state index contributed by atoms with van der Waals surface area (Å²) in [5.41, 5.74) is 1.29. The molecule has 2 aromatic rings. The van der Waals surface area contributed by atoms with E-state index in [1.807, 2.05) is 19.9 Å². The second kappa shape index (κ2) is 5.24. The summed E-state index contributed by atoms with van der Waals surface area (Å²) in [5.74, 6) is -0.353. The van der Waals surface area contributed by atoms with Crippen LogP contribution in [0, 0.1) is 0 Å². The molecule has 3 rings (SSSR count). The fourth-order valence-corrected chi connectivity index (χ4v) is 2.94. The number of nitrogens with zero attached hydrogens (tertiary/aromatic N) is 2. The first kappa shape index (κ1) is 13.7. The fourth-order valence-electron chi connectivity index (χ4n) is 2.77. The molecule has 0 saturated carbocycles. The first-order valence-electron chi connectivity index (χ1n) is 6.69. The van der Waals surface area contributed by atoms with Gasteiger partial charge in [0.1, 0.15) is 0 Å². The number of aromatic nitrogens is 1. The maximum absolute atomic E-state index is 12.0. The van der Waals surface area contributed by atoms with Gasteiger partial charge in [-0.25, -0.2) is 4.79 Å². The average molecular weight is 297 g/mol. The Hall–Kier alpha value is -1.30. The SMILES string of the molecule is CC1CN(Cn2c(=O)oc3cc(Cl)ccc32)CC(C)O1. The summed E-state index contributed by atoms with van der Waals surface area (Å²) in [6, 6.07) is 5.25. The number of hydrogen-bond donors (Lipinski definition) is 0. The van der Waals surface area contributed by atoms with Gasteiger partial charge >= 0.3 is 5.76 Å². The predicted molar refractivity (Wildman–Crippen MR) is 77.1 cm³/mol. The minimum atomic E-state index is -0.353. The van der Waals surface area contributed by atoms with Crippen LogP contribution in [-0.4, -0.2) is 34.8 Å². The number of benzene rings is 1. The summed E-state index contributed by atoms with van der Waals surface area (Å²) in [6.45, 7) is 6.19. The van der Waals surface area contributed by atoms with Crippen LogP contribution in [0.4, 0.5) is 0 Å². The van der Waals surface area contributed by atoms with E-state index < -0.39 is 0 Å². The van der Waals surface area contributed by atoms with Gasteiger partial charge in [-0.15, -0.1) is 0 Å². The molecule has 1 saturated heterocycles. The molecule has 0 amide bonds. The molecule has 2 heterocycles. The van der Waals surface area contributed by atoms with Gasteiger partial charge < -0.3 is 9.15 Å². The lowest BCUT2D eigenvalue weighted by molar-refractivity contribution is -0.0766. The van der Waals surface area contributed by atoms with Gasteiger partial charge in [0.2, 0.25) is 0 Å². The minimum absolute atomic E-state index is 0.169. The van der Waals surface area contributed by atoms with Gasteiger partial charge in [-0.3, -0.25) is 9.47 Å². The van der Waals surface area contributed by atoms with Crippen LogP contribution in [0.1, 0.15) is 13.8 Å². The number of morpholine rings is 1. The van der Waals surface area contributed by atoms with Crippen molar-refractivity contribution in [3.05, 3.63) is 33.8 Å². The van der Waals surface area contributed by atoms with Gasteiger partial charge in [-0.1, -0.05) is 11.6 Å². The summed E-state index contributed by atoms with van der Waals surface area (Å²) < 4.78 is 12.6. The fraction of sp³-hybridized carbons (Fsp3) is 0.500. The molecule has 2 atom stereocenters. The molecule has 2 unspecified atom stereocenters. The van der Waals surface area contributed by atoms with Gasteiger partial charge in [0.25, 0.3) is 0 Å². The normalized spacial score (nSPS) is 24.4. The zero-order valence-electron chi connectivity index (χ0n) is 11.5. The van der Waals surface area contributed by atoms with Crippen LogP contribution in [0.25, 0.3) is 11.1 Å². The van der Waals surface area contributed by atoms with Gasteiger partial charge in [-0.05, 0) is 26.0 Å². The molecule has 0 N–H and O–H groups in total. The molecule has 0 bridgehead atoms. The van der Waals surface area contributed by atoms with Crippen molar-refractivity contribution in [2.75, 3.05) is 13.1 Å². The maximum atomic E-state index is 12.0. The Balaban J connectivity index is 1.91. The molecule has 1 aliphatic rings. The van der Waals surface area contributed by atoms with Crippen LogP contribution in [0.15, 0.2) is 27.4 Å². The lowest BCUT2D eigenvalue weighted by Crippen LogP contribution is -2.46. The van der Waals surface area contributed by atoms with E-state index in [0.717, 1.165) is 18.6 Å². The Kier molecular flexibility index (Phi) is 3.58. The van der Waals surface area contributed by atoms with Crippen molar-refractivity contribution in [1.82, 2.24) is 9.47 Å². The molecule has 6 heteroatoms. The molecule has 0 spiro atoms. The van der Waals surface area contributed by atoms with Crippen molar-refractivity contribution in [3.63, 3.8) is 0 Å². The third-order valence-electron chi connectivity index (χ3n) is 3.47. The number of oxazole rings is 1. The van der Waals surface area contributed by atoms with E-state index in [-0.39, 0.29) is 18.0 Å². The van der Waals surface area contributed by atoms with Gasteiger partial charge in [-0.2, -0.15) is 0 Å². The Morgan fingerprint density at radius 3 is 2.70 bits per heavy atom. The minimum Gasteiger partial charge on any atom is -0.408 e. The van der Waals surface area contributed by atoms with Crippen LogP contribution in [-0.2, 0) is 11.4 Å². The van der Waals surface area contributed by atoms with E-state index in [1.165, 1.54) is 0 Å². The smallest absolute Gasteiger partial charge is 0.408 e. The Bertz CT molecular complexity index is 669. The van der Waals surface area contributed by atoms with Crippen LogP contribution >= 0.6 is 11.6 Å². The molecule has 0 radical (unpaired) electrons. The molecule has 0 aliphatic carbocycles. The van der Waals surface area contributed by atoms with E-state index >= 15 is 0 Å². The summed E-state index contributed by atoms with van der Waals surface area (Å²) in [7, 11) is 0. The monoisotopic (exact) mass is 296 g/mol. The standard InChI is InChI=1S/C14H17ClN2O3/c1-9-6-16(7-10(2)19-9)8-17-12-4-3-11(15)5-13(12)20-14(17)18/h3-5,9-10H,6-8H2,1-2H3. The van der Waals surface area contributed by atoms with E-state index in [1.54, 1.807) is 16.7 Å². The summed E-state index contributed by atoms with van der Waals surface area (Å²) in [5, 5.41) is 0.562. The van der Waals surface area contributed by atoms with Crippen molar-refractivity contribution in [1.29, 1.82) is 0 Å². The van der Waals surface area contributed by atoms with Gasteiger partial charge in [0, 0.05) is 24.2 Å². The van der Waals surface area contributed by atoms with E-state index in [2.05, 4.69) is 4.90 Å². The highest BCUT2D eigenvalue weighted by Crippen LogP contribution is 2.19. The second-order valence-corrected chi connectivity index (χ2v) is 5.78. The lowest BCUT2D eigenvalue weighted by atomic mass is 10.2. The molecule has 20 heavy (non-hydrogen) atoms. The lowest BCUT2D eigenvalue weighted by Gasteiger charge is -2.35. The largest absolute Gasteiger partial charge is 0.421 e. The molecule has 1 aromatic heterocycles. The summed E-state index contributed by atoms with van der Waals surface area (Å²) in [4.78, 5) is 14.2. The van der Waals surface area contributed by atoms with Crippen LogP contribution in [0.3, 0.4) is 0 Å². The van der Waals surface area contributed by atoms with E-state index in [4.69, 9.17) is 20.8 Å². The Morgan fingerprint density at radius 1 is 1.30 bits per heavy atom. The topological polar surface area (TPSA) is 47.6 Å². The third-order valence-corrected chi connectivity index (χ3v) is 3.70. The van der Waals surface area contributed by atoms with Gasteiger partial charge in [0.15, 0.2) is 5.58 Å². The predicted octanol–water partition coefficient (Wildman–Crippen LogP) is 2.31. The zero-order chi connectivity index (χ0) is 14.3.